The predicted molar refractivity (Wildman–Crippen MR) is 29.4 cm³/mol. The summed E-state index contributed by atoms with van der Waals surface area (Å²) in [6, 6.07) is 0. The SMILES string of the molecule is NOC(=O)C(=O)O.[Na].[Na]. The van der Waals surface area contributed by atoms with Gasteiger partial charge in [-0.3, -0.25) is 0 Å². The van der Waals surface area contributed by atoms with Crippen molar-refractivity contribution in [1.29, 1.82) is 0 Å². The van der Waals surface area contributed by atoms with Crippen LogP contribution in [0.2, 0.25) is 0 Å². The zero-order chi connectivity index (χ0) is 5.86. The fourth-order valence-corrected chi connectivity index (χ4v) is 0.0504. The first-order chi connectivity index (χ1) is 3.18. The molecule has 0 aliphatic carbocycles. The summed E-state index contributed by atoms with van der Waals surface area (Å²) in [6.45, 7) is 0. The molecule has 0 saturated heterocycles. The number of rotatable bonds is 0. The Hall–Kier alpha value is 0.900. The van der Waals surface area contributed by atoms with E-state index in [9.17, 15) is 9.59 Å². The molecule has 0 aromatic carbocycles. The topological polar surface area (TPSA) is 89.6 Å². The second kappa shape index (κ2) is 8.90. The van der Waals surface area contributed by atoms with Gasteiger partial charge in [0.2, 0.25) is 0 Å². The Morgan fingerprint density at radius 1 is 1.33 bits per heavy atom. The van der Waals surface area contributed by atoms with Crippen LogP contribution in [0.4, 0.5) is 0 Å². The molecule has 2 radical (unpaired) electrons. The maximum atomic E-state index is 9.56. The van der Waals surface area contributed by atoms with E-state index in [-0.39, 0.29) is 59.1 Å². The average molecular weight is 151 g/mol. The van der Waals surface area contributed by atoms with Crippen molar-refractivity contribution in [2.45, 2.75) is 0 Å². The van der Waals surface area contributed by atoms with Crippen molar-refractivity contribution in [3.05, 3.63) is 0 Å². The van der Waals surface area contributed by atoms with E-state index in [4.69, 9.17) is 5.11 Å². The van der Waals surface area contributed by atoms with E-state index >= 15 is 0 Å². The van der Waals surface area contributed by atoms with Crippen molar-refractivity contribution in [1.82, 2.24) is 0 Å². The Balaban J connectivity index is -0.000000180. The number of carboxylic acid groups (broad SMARTS) is 1. The van der Waals surface area contributed by atoms with Crippen molar-refractivity contribution in [3.8, 4) is 0 Å². The van der Waals surface area contributed by atoms with Crippen LogP contribution in [0.25, 0.3) is 0 Å². The Morgan fingerprint density at radius 2 is 1.67 bits per heavy atom. The maximum Gasteiger partial charge on any atom is 0.435 e. The second-order valence-electron chi connectivity index (χ2n) is 0.710. The smallest absolute Gasteiger partial charge is 0.435 e. The molecule has 0 rings (SSSR count). The summed E-state index contributed by atoms with van der Waals surface area (Å²) >= 11 is 0. The summed E-state index contributed by atoms with van der Waals surface area (Å²) in [4.78, 5) is 22.2. The standard InChI is InChI=1S/C2H3NO4.2Na/c3-7-2(6)1(4)5;;/h3H2,(H,4,5);;. The van der Waals surface area contributed by atoms with Gasteiger partial charge in [-0.05, 0) is 0 Å². The fraction of sp³-hybridized carbons (Fsp3) is 0. The molecule has 0 aromatic rings. The maximum absolute atomic E-state index is 9.56. The number of carbonyl (C=O) groups excluding carboxylic acids is 1. The third kappa shape index (κ3) is 8.90. The first-order valence-corrected chi connectivity index (χ1v) is 1.32. The second-order valence-corrected chi connectivity index (χ2v) is 0.710. The normalized spacial score (nSPS) is 5.89. The summed E-state index contributed by atoms with van der Waals surface area (Å²) in [5.74, 6) is 0.992. The molecule has 5 nitrogen and oxygen atoms in total. The molecule has 9 heavy (non-hydrogen) atoms. The molecular weight excluding hydrogens is 148 g/mol. The van der Waals surface area contributed by atoms with Crippen molar-refractivity contribution in [2.24, 2.45) is 5.90 Å². The Labute approximate surface area is 95.5 Å². The molecule has 0 fully saturated rings. The molecule has 0 saturated carbocycles. The van der Waals surface area contributed by atoms with Gasteiger partial charge in [0, 0.05) is 59.1 Å². The Kier molecular flexibility index (Phi) is 16.3. The largest absolute Gasteiger partial charge is 0.473 e. The van der Waals surface area contributed by atoms with Crippen LogP contribution >= 0.6 is 0 Å². The van der Waals surface area contributed by atoms with Crippen LogP contribution in [0, 0.1) is 0 Å². The van der Waals surface area contributed by atoms with Crippen LogP contribution in [0.15, 0.2) is 0 Å². The molecule has 0 unspecified atom stereocenters. The molecular formula is C2H3NNa2O4. The Bertz CT molecular complexity index is 105. The average Bonchev–Trinajstić information content (AvgIpc) is 1.65. The van der Waals surface area contributed by atoms with Gasteiger partial charge in [-0.15, -0.1) is 0 Å². The quantitative estimate of drug-likeness (QED) is 0.231. The first kappa shape index (κ1) is 16.5. The van der Waals surface area contributed by atoms with E-state index in [1.165, 1.54) is 0 Å². The molecule has 0 spiro atoms. The predicted octanol–water partition coefficient (Wildman–Crippen LogP) is -2.27. The molecule has 7 heteroatoms. The van der Waals surface area contributed by atoms with Crippen LogP contribution in [0.5, 0.6) is 0 Å². The van der Waals surface area contributed by atoms with Gasteiger partial charge >= 0.3 is 11.9 Å². The number of hydrogen-bond donors (Lipinski definition) is 2. The third-order valence-corrected chi connectivity index (χ3v) is 0.282. The van der Waals surface area contributed by atoms with Gasteiger partial charge in [0.05, 0.1) is 0 Å². The van der Waals surface area contributed by atoms with Crippen LogP contribution < -0.4 is 5.90 Å². The summed E-state index contributed by atoms with van der Waals surface area (Å²) in [7, 11) is 0. The van der Waals surface area contributed by atoms with E-state index in [2.05, 4.69) is 10.7 Å². The van der Waals surface area contributed by atoms with Crippen molar-refractivity contribution in [2.75, 3.05) is 0 Å². The molecule has 42 valence electrons. The molecule has 3 N–H and O–H groups in total. The summed E-state index contributed by atoms with van der Waals surface area (Å²) in [5.41, 5.74) is 0. The van der Waals surface area contributed by atoms with Gasteiger partial charge in [-0.2, -0.15) is 5.90 Å². The van der Waals surface area contributed by atoms with E-state index in [0.29, 0.717) is 0 Å². The van der Waals surface area contributed by atoms with Crippen molar-refractivity contribution >= 4 is 71.1 Å². The number of nitrogens with two attached hydrogens (primary N) is 1. The minimum Gasteiger partial charge on any atom is -0.473 e. The number of carbonyl (C=O) groups is 2. The summed E-state index contributed by atoms with van der Waals surface area (Å²) < 4.78 is 0. The van der Waals surface area contributed by atoms with Gasteiger partial charge in [0.15, 0.2) is 0 Å². The van der Waals surface area contributed by atoms with Crippen LogP contribution in [0.3, 0.4) is 0 Å². The number of carboxylic acids is 1. The minimum absolute atomic E-state index is 0. The fourth-order valence-electron chi connectivity index (χ4n) is 0.0504. The van der Waals surface area contributed by atoms with Crippen molar-refractivity contribution < 1.29 is 19.5 Å². The van der Waals surface area contributed by atoms with Gasteiger partial charge < -0.3 is 9.94 Å². The van der Waals surface area contributed by atoms with Crippen LogP contribution in [0.1, 0.15) is 0 Å². The van der Waals surface area contributed by atoms with Gasteiger partial charge in [-0.1, -0.05) is 0 Å². The van der Waals surface area contributed by atoms with E-state index in [1.807, 2.05) is 0 Å². The van der Waals surface area contributed by atoms with E-state index < -0.39 is 11.9 Å². The zero-order valence-corrected chi connectivity index (χ0v) is 9.25. The minimum atomic E-state index is -1.69. The monoisotopic (exact) mass is 151 g/mol. The molecule has 0 aliphatic rings. The molecule has 0 atom stereocenters. The third-order valence-electron chi connectivity index (χ3n) is 0.282. The van der Waals surface area contributed by atoms with E-state index in [1.54, 1.807) is 0 Å². The summed E-state index contributed by atoms with van der Waals surface area (Å²) in [6.07, 6.45) is 0. The van der Waals surface area contributed by atoms with Crippen molar-refractivity contribution in [3.63, 3.8) is 0 Å². The molecule has 0 aliphatic heterocycles. The van der Waals surface area contributed by atoms with E-state index in [0.717, 1.165) is 0 Å². The van der Waals surface area contributed by atoms with Crippen LogP contribution in [-0.2, 0) is 14.4 Å². The molecule has 0 aromatic heterocycles. The first-order valence-electron chi connectivity index (χ1n) is 1.32. The summed E-state index contributed by atoms with van der Waals surface area (Å²) in [5, 5.41) is 7.63. The molecule has 0 amide bonds. The number of hydrogen-bond acceptors (Lipinski definition) is 4. The van der Waals surface area contributed by atoms with Gasteiger partial charge in [0.1, 0.15) is 0 Å². The number of aliphatic carboxylic acids is 1. The Morgan fingerprint density at radius 3 is 1.67 bits per heavy atom. The molecule has 0 heterocycles. The van der Waals surface area contributed by atoms with Crippen LogP contribution in [-0.4, -0.2) is 76.2 Å². The zero-order valence-electron chi connectivity index (χ0n) is 5.25. The van der Waals surface area contributed by atoms with Gasteiger partial charge in [-0.25, -0.2) is 9.59 Å². The van der Waals surface area contributed by atoms with Gasteiger partial charge in [0.25, 0.3) is 0 Å². The molecule has 0 bridgehead atoms.